The first-order valence-electron chi connectivity index (χ1n) is 11.2. The first-order chi connectivity index (χ1) is 17.4. The van der Waals surface area contributed by atoms with E-state index in [4.69, 9.17) is 16.3 Å². The summed E-state index contributed by atoms with van der Waals surface area (Å²) in [5.74, 6) is -0.349. The van der Waals surface area contributed by atoms with E-state index in [1.54, 1.807) is 15.9 Å². The zero-order valence-corrected chi connectivity index (χ0v) is 24.0. The fourth-order valence-electron chi connectivity index (χ4n) is 3.96. The first-order valence-corrected chi connectivity index (χ1v) is 14.1. The molecule has 0 unspecified atom stereocenters. The first kappa shape index (κ1) is 27.5. The van der Waals surface area contributed by atoms with Crippen molar-refractivity contribution in [3.05, 3.63) is 95.3 Å². The van der Waals surface area contributed by atoms with Crippen molar-refractivity contribution in [2.45, 2.75) is 24.4 Å². The SMILES string of the molecule is COC(=O)CCn1c(=O)/c(=C2\Sc3cc(Cl)ccc3N2C)s/c1=C\c1scc[n+]1Cc1ccccc1.[Cl-]. The summed E-state index contributed by atoms with van der Waals surface area (Å²) in [6, 6.07) is 16.0. The van der Waals surface area contributed by atoms with Crippen LogP contribution in [0, 0.1) is 0 Å². The predicted molar refractivity (Wildman–Crippen MR) is 147 cm³/mol. The molecule has 1 aliphatic rings. The Hall–Kier alpha value is -2.56. The van der Waals surface area contributed by atoms with E-state index in [0.29, 0.717) is 9.55 Å². The number of carbonyl (C=O) groups excluding carboxylic acids is 1. The lowest BCUT2D eigenvalue weighted by atomic mass is 10.2. The van der Waals surface area contributed by atoms with Gasteiger partial charge in [-0.1, -0.05) is 65.0 Å². The highest BCUT2D eigenvalue weighted by molar-refractivity contribution is 8.08. The quantitative estimate of drug-likeness (QED) is 0.244. The van der Waals surface area contributed by atoms with Crippen molar-refractivity contribution >= 4 is 68.8 Å². The molecule has 0 fully saturated rings. The van der Waals surface area contributed by atoms with Gasteiger partial charge in [-0.3, -0.25) is 14.2 Å². The van der Waals surface area contributed by atoms with Gasteiger partial charge in [0.2, 0.25) is 0 Å². The second-order valence-electron chi connectivity index (χ2n) is 8.13. The maximum absolute atomic E-state index is 13.7. The van der Waals surface area contributed by atoms with Gasteiger partial charge in [0.05, 0.1) is 30.7 Å². The number of thioether (sulfide) groups is 1. The largest absolute Gasteiger partial charge is 1.00 e. The summed E-state index contributed by atoms with van der Waals surface area (Å²) in [5.41, 5.74) is 2.09. The number of esters is 1. The summed E-state index contributed by atoms with van der Waals surface area (Å²) < 4.78 is 10.1. The summed E-state index contributed by atoms with van der Waals surface area (Å²) in [6.07, 6.45) is 4.20. The molecule has 0 spiro atoms. The fraction of sp³-hybridized carbons (Fsp3) is 0.192. The standard InChI is InChI=1S/C26H23ClN3O3S3.ClH/c1-28-19-9-8-18(27)14-20(19)35-26(28)24-25(32)30(11-10-23(31)33-2)22(36-24)15-21-29(12-13-34-21)16-17-6-4-3-5-7-17;/h3-9,12-15H,10-11,16H2,1-2H3;1H/q+1;/p-1/b26-24+;. The van der Waals surface area contributed by atoms with E-state index in [2.05, 4.69) is 16.7 Å². The number of thiazole rings is 2. The van der Waals surface area contributed by atoms with Crippen LogP contribution in [0.4, 0.5) is 5.69 Å². The maximum atomic E-state index is 13.7. The molecule has 4 aromatic rings. The maximum Gasteiger partial charge on any atom is 0.307 e. The van der Waals surface area contributed by atoms with Crippen LogP contribution in [0.3, 0.4) is 0 Å². The number of hydrogen-bond acceptors (Lipinski definition) is 7. The lowest BCUT2D eigenvalue weighted by molar-refractivity contribution is -0.685. The number of methoxy groups -OCH3 is 1. The molecule has 5 rings (SSSR count). The Morgan fingerprint density at radius 2 is 1.97 bits per heavy atom. The Balaban J connectivity index is 0.00000320. The van der Waals surface area contributed by atoms with Crippen LogP contribution in [0.15, 0.2) is 69.8 Å². The molecular weight excluding hydrogens is 569 g/mol. The van der Waals surface area contributed by atoms with Crippen molar-refractivity contribution in [2.24, 2.45) is 0 Å². The molecule has 3 heterocycles. The normalized spacial score (nSPS) is 14.5. The average molecular weight is 593 g/mol. The van der Waals surface area contributed by atoms with Crippen LogP contribution in [-0.2, 0) is 22.6 Å². The minimum atomic E-state index is -0.349. The highest BCUT2D eigenvalue weighted by atomic mass is 35.5. The van der Waals surface area contributed by atoms with E-state index in [9.17, 15) is 9.59 Å². The monoisotopic (exact) mass is 591 g/mol. The Morgan fingerprint density at radius 1 is 1.19 bits per heavy atom. The van der Waals surface area contributed by atoms with Crippen molar-refractivity contribution in [2.75, 3.05) is 19.1 Å². The summed E-state index contributed by atoms with van der Waals surface area (Å²) >= 11 is 10.8. The molecule has 37 heavy (non-hydrogen) atoms. The van der Waals surface area contributed by atoms with Gasteiger partial charge >= 0.3 is 5.97 Å². The van der Waals surface area contributed by atoms with Gasteiger partial charge in [-0.15, -0.1) is 11.3 Å². The van der Waals surface area contributed by atoms with E-state index in [1.165, 1.54) is 35.8 Å². The fourth-order valence-corrected chi connectivity index (χ4v) is 7.51. The lowest BCUT2D eigenvalue weighted by Crippen LogP contribution is -3.00. The second kappa shape index (κ2) is 11.9. The molecule has 11 heteroatoms. The van der Waals surface area contributed by atoms with Crippen molar-refractivity contribution < 1.29 is 26.5 Å². The number of hydrogen-bond donors (Lipinski definition) is 0. The van der Waals surface area contributed by atoms with E-state index in [-0.39, 0.29) is 36.9 Å². The minimum Gasteiger partial charge on any atom is -1.00 e. The number of carbonyl (C=O) groups is 1. The molecule has 2 aromatic heterocycles. The third-order valence-corrected chi connectivity index (χ3v) is 9.38. The minimum absolute atomic E-state index is 0. The van der Waals surface area contributed by atoms with Gasteiger partial charge in [-0.05, 0) is 18.2 Å². The summed E-state index contributed by atoms with van der Waals surface area (Å²) in [6.45, 7) is 0.977. The van der Waals surface area contributed by atoms with Crippen LogP contribution >= 0.6 is 46.0 Å². The van der Waals surface area contributed by atoms with E-state index in [0.717, 1.165) is 31.8 Å². The molecule has 192 valence electrons. The van der Waals surface area contributed by atoms with Gasteiger partial charge in [0.1, 0.15) is 14.2 Å². The van der Waals surface area contributed by atoms with Crippen LogP contribution in [0.2, 0.25) is 5.02 Å². The zero-order valence-electron chi connectivity index (χ0n) is 20.0. The number of anilines is 1. The Morgan fingerprint density at radius 3 is 2.73 bits per heavy atom. The number of aromatic nitrogens is 2. The van der Waals surface area contributed by atoms with Crippen molar-refractivity contribution in [3.8, 4) is 0 Å². The lowest BCUT2D eigenvalue weighted by Gasteiger charge is -2.12. The molecule has 0 aliphatic carbocycles. The van der Waals surface area contributed by atoms with Crippen molar-refractivity contribution in [3.63, 3.8) is 0 Å². The summed E-state index contributed by atoms with van der Waals surface area (Å²) in [4.78, 5) is 28.6. The molecule has 0 amide bonds. The highest BCUT2D eigenvalue weighted by Gasteiger charge is 2.25. The topological polar surface area (TPSA) is 55.4 Å². The number of fused-ring (bicyclic) bond motifs is 1. The Bertz CT molecular complexity index is 1610. The molecule has 0 radical (unpaired) electrons. The molecule has 6 nitrogen and oxygen atoms in total. The van der Waals surface area contributed by atoms with Crippen molar-refractivity contribution in [1.82, 2.24) is 4.57 Å². The van der Waals surface area contributed by atoms with Gasteiger partial charge in [-0.2, -0.15) is 4.57 Å². The van der Waals surface area contributed by atoms with Gasteiger partial charge < -0.3 is 22.0 Å². The van der Waals surface area contributed by atoms with Crippen LogP contribution in [0.1, 0.15) is 17.0 Å². The van der Waals surface area contributed by atoms with E-state index in [1.807, 2.05) is 66.0 Å². The molecule has 0 saturated heterocycles. The molecule has 0 atom stereocenters. The van der Waals surface area contributed by atoms with Crippen LogP contribution in [0.25, 0.3) is 11.1 Å². The molecule has 0 bridgehead atoms. The smallest absolute Gasteiger partial charge is 0.307 e. The molecule has 0 N–H and O–H groups in total. The number of nitrogens with zero attached hydrogens (tertiary/aromatic N) is 3. The number of rotatable bonds is 6. The van der Waals surface area contributed by atoms with E-state index < -0.39 is 0 Å². The number of halogens is 2. The molecule has 1 aliphatic heterocycles. The Kier molecular flexibility index (Phi) is 8.82. The third-order valence-electron chi connectivity index (χ3n) is 5.82. The molecule has 0 saturated carbocycles. The van der Waals surface area contributed by atoms with Crippen LogP contribution in [-0.4, -0.2) is 24.7 Å². The van der Waals surface area contributed by atoms with Gasteiger partial charge in [-0.25, -0.2) is 0 Å². The van der Waals surface area contributed by atoms with Crippen molar-refractivity contribution in [1.29, 1.82) is 0 Å². The molecular formula is C26H23Cl2N3O3S3. The number of benzene rings is 2. The number of ether oxygens (including phenoxy) is 1. The summed E-state index contributed by atoms with van der Waals surface area (Å²) in [5, 5.41) is 4.57. The third kappa shape index (κ3) is 5.81. The zero-order chi connectivity index (χ0) is 25.2. The van der Waals surface area contributed by atoms with Gasteiger partial charge in [0.25, 0.3) is 10.6 Å². The Labute approximate surface area is 237 Å². The second-order valence-corrected chi connectivity index (χ2v) is 11.6. The van der Waals surface area contributed by atoms with Gasteiger partial charge in [0.15, 0.2) is 12.7 Å². The average Bonchev–Trinajstić information content (AvgIpc) is 3.54. The van der Waals surface area contributed by atoms with Crippen LogP contribution < -0.4 is 36.6 Å². The summed E-state index contributed by atoms with van der Waals surface area (Å²) in [7, 11) is 3.31. The van der Waals surface area contributed by atoms with E-state index >= 15 is 0 Å². The van der Waals surface area contributed by atoms with Crippen LogP contribution in [0.5, 0.6) is 0 Å². The van der Waals surface area contributed by atoms with Gasteiger partial charge in [0, 0.05) is 29.1 Å². The highest BCUT2D eigenvalue weighted by Crippen LogP contribution is 2.46. The predicted octanol–water partition coefficient (Wildman–Crippen LogP) is 0.664. The molecule has 2 aromatic carbocycles.